The summed E-state index contributed by atoms with van der Waals surface area (Å²) >= 11 is 0. The van der Waals surface area contributed by atoms with E-state index >= 15 is 0 Å². The van der Waals surface area contributed by atoms with Gasteiger partial charge in [-0.1, -0.05) is 42.5 Å². The highest BCUT2D eigenvalue weighted by molar-refractivity contribution is 5.77. The van der Waals surface area contributed by atoms with Crippen LogP contribution in [0.5, 0.6) is 0 Å². The second-order valence-corrected chi connectivity index (χ2v) is 6.96. The highest BCUT2D eigenvalue weighted by Gasteiger charge is 2.33. The van der Waals surface area contributed by atoms with E-state index in [1.54, 1.807) is 0 Å². The third-order valence-electron chi connectivity index (χ3n) is 5.11. The molecular weight excluding hydrogens is 328 g/mol. The lowest BCUT2D eigenvalue weighted by Crippen LogP contribution is -2.21. The van der Waals surface area contributed by atoms with Gasteiger partial charge in [0.2, 0.25) is 0 Å². The standard InChI is InChI=1S/C20H22N4O2/c1-13(7-14-5-3-2-4-6-14)16-10-24(11-17(16)25)9-15-8-21-19-18(15)22-12-23-20(19)26/h2-6,8,12,16-17,21,25H,1,7,9-11H2,(H,22,23,26)/t16-,17+/m0/s1. The predicted octanol–water partition coefficient (Wildman–Crippen LogP) is 1.84. The number of hydrogen-bond donors (Lipinski definition) is 3. The zero-order valence-electron chi connectivity index (χ0n) is 14.5. The van der Waals surface area contributed by atoms with E-state index in [9.17, 15) is 9.90 Å². The number of nitrogens with zero attached hydrogens (tertiary/aromatic N) is 2. The smallest absolute Gasteiger partial charge is 0.275 e. The average molecular weight is 350 g/mol. The molecule has 2 aromatic heterocycles. The molecule has 1 aliphatic rings. The molecule has 26 heavy (non-hydrogen) atoms. The van der Waals surface area contributed by atoms with Crippen LogP contribution in [0, 0.1) is 5.92 Å². The van der Waals surface area contributed by atoms with Gasteiger partial charge in [0.25, 0.3) is 5.56 Å². The Balaban J connectivity index is 1.45. The number of nitrogens with one attached hydrogen (secondary N) is 2. The van der Waals surface area contributed by atoms with Crippen molar-refractivity contribution in [2.45, 2.75) is 19.1 Å². The van der Waals surface area contributed by atoms with Crippen LogP contribution in [0.1, 0.15) is 11.1 Å². The second kappa shape index (κ2) is 6.90. The van der Waals surface area contributed by atoms with E-state index in [2.05, 4.69) is 38.6 Å². The van der Waals surface area contributed by atoms with E-state index in [1.165, 1.54) is 11.9 Å². The summed E-state index contributed by atoms with van der Waals surface area (Å²) in [4.78, 5) is 23.8. The zero-order valence-corrected chi connectivity index (χ0v) is 14.5. The average Bonchev–Trinajstić information content (AvgIpc) is 3.21. The maximum Gasteiger partial charge on any atom is 0.275 e. The highest BCUT2D eigenvalue weighted by atomic mass is 16.3. The summed E-state index contributed by atoms with van der Waals surface area (Å²) in [5, 5.41) is 10.5. The molecule has 0 radical (unpaired) electrons. The number of hydrogen-bond acceptors (Lipinski definition) is 4. The van der Waals surface area contributed by atoms with Crippen molar-refractivity contribution in [1.29, 1.82) is 0 Å². The Labute approximate surface area is 151 Å². The third-order valence-corrected chi connectivity index (χ3v) is 5.11. The van der Waals surface area contributed by atoms with Crippen molar-refractivity contribution in [2.24, 2.45) is 5.92 Å². The third kappa shape index (κ3) is 3.21. The van der Waals surface area contributed by atoms with Crippen molar-refractivity contribution < 1.29 is 5.11 Å². The van der Waals surface area contributed by atoms with Crippen LogP contribution in [0.25, 0.3) is 11.0 Å². The molecule has 1 saturated heterocycles. The van der Waals surface area contributed by atoms with Gasteiger partial charge < -0.3 is 15.1 Å². The van der Waals surface area contributed by atoms with Crippen LogP contribution in [0.15, 0.2) is 59.8 Å². The fourth-order valence-corrected chi connectivity index (χ4v) is 3.75. The maximum absolute atomic E-state index is 11.8. The molecule has 0 aliphatic carbocycles. The first-order chi connectivity index (χ1) is 12.6. The molecule has 0 bridgehead atoms. The Bertz CT molecular complexity index is 976. The summed E-state index contributed by atoms with van der Waals surface area (Å²) in [6, 6.07) is 10.2. The van der Waals surface area contributed by atoms with Crippen LogP contribution in [0.2, 0.25) is 0 Å². The van der Waals surface area contributed by atoms with Crippen molar-refractivity contribution >= 4 is 11.0 Å². The molecular formula is C20H22N4O2. The van der Waals surface area contributed by atoms with Gasteiger partial charge in [-0.15, -0.1) is 0 Å². The number of benzene rings is 1. The molecule has 0 saturated carbocycles. The van der Waals surface area contributed by atoms with Gasteiger partial charge in [-0.25, -0.2) is 4.98 Å². The number of aliphatic hydroxyl groups excluding tert-OH is 1. The Morgan fingerprint density at radius 2 is 2.08 bits per heavy atom. The molecule has 3 heterocycles. The number of rotatable bonds is 5. The second-order valence-electron chi connectivity index (χ2n) is 6.96. The molecule has 4 rings (SSSR count). The number of likely N-dealkylation sites (tertiary alicyclic amines) is 1. The van der Waals surface area contributed by atoms with Gasteiger partial charge in [0.15, 0.2) is 0 Å². The molecule has 1 aliphatic heterocycles. The molecule has 1 fully saturated rings. The summed E-state index contributed by atoms with van der Waals surface area (Å²) in [6.07, 6.45) is 3.60. The molecule has 0 spiro atoms. The van der Waals surface area contributed by atoms with Crippen molar-refractivity contribution in [3.63, 3.8) is 0 Å². The minimum absolute atomic E-state index is 0.0526. The summed E-state index contributed by atoms with van der Waals surface area (Å²) in [7, 11) is 0. The monoisotopic (exact) mass is 350 g/mol. The van der Waals surface area contributed by atoms with Gasteiger partial charge in [-0.3, -0.25) is 9.69 Å². The van der Waals surface area contributed by atoms with E-state index < -0.39 is 6.10 Å². The van der Waals surface area contributed by atoms with E-state index in [0.717, 1.165) is 24.1 Å². The van der Waals surface area contributed by atoms with Gasteiger partial charge in [0.1, 0.15) is 5.52 Å². The number of aromatic nitrogens is 3. The molecule has 0 amide bonds. The van der Waals surface area contributed by atoms with Crippen LogP contribution >= 0.6 is 0 Å². The molecule has 3 N–H and O–H groups in total. The quantitative estimate of drug-likeness (QED) is 0.613. The first kappa shape index (κ1) is 16.8. The number of aromatic amines is 2. The minimum Gasteiger partial charge on any atom is -0.391 e. The summed E-state index contributed by atoms with van der Waals surface area (Å²) in [6.45, 7) is 6.21. The summed E-state index contributed by atoms with van der Waals surface area (Å²) in [5.74, 6) is 0.0526. The molecule has 1 aromatic carbocycles. The number of fused-ring (bicyclic) bond motifs is 1. The molecule has 6 nitrogen and oxygen atoms in total. The highest BCUT2D eigenvalue weighted by Crippen LogP contribution is 2.27. The fraction of sp³-hybridized carbons (Fsp3) is 0.300. The fourth-order valence-electron chi connectivity index (χ4n) is 3.75. The Morgan fingerprint density at radius 1 is 1.27 bits per heavy atom. The van der Waals surface area contributed by atoms with Gasteiger partial charge in [0, 0.05) is 37.3 Å². The zero-order chi connectivity index (χ0) is 18.1. The topological polar surface area (TPSA) is 85.0 Å². The van der Waals surface area contributed by atoms with E-state index in [0.29, 0.717) is 24.1 Å². The van der Waals surface area contributed by atoms with Gasteiger partial charge in [0.05, 0.1) is 17.9 Å². The Hall–Kier alpha value is -2.70. The first-order valence-electron chi connectivity index (χ1n) is 8.77. The lowest BCUT2D eigenvalue weighted by Gasteiger charge is -2.17. The SMILES string of the molecule is C=C(Cc1ccccc1)[C@@H]1CN(Cc2c[nH]c3c(=O)[nH]cnc23)C[C@H]1O. The number of β-amino-alcohol motifs (C(OH)–C–C–N with tert-alkyl or cyclic N) is 1. The lowest BCUT2D eigenvalue weighted by atomic mass is 9.92. The summed E-state index contributed by atoms with van der Waals surface area (Å²) in [5.41, 5.74) is 4.24. The van der Waals surface area contributed by atoms with Gasteiger partial charge in [-0.05, 0) is 12.0 Å². The van der Waals surface area contributed by atoms with E-state index in [1.807, 2.05) is 24.4 Å². The van der Waals surface area contributed by atoms with Crippen LogP contribution < -0.4 is 5.56 Å². The van der Waals surface area contributed by atoms with E-state index in [-0.39, 0.29) is 11.5 Å². The van der Waals surface area contributed by atoms with Crippen molar-refractivity contribution in [3.05, 3.63) is 76.5 Å². The van der Waals surface area contributed by atoms with Crippen molar-refractivity contribution in [1.82, 2.24) is 19.9 Å². The largest absolute Gasteiger partial charge is 0.391 e. The van der Waals surface area contributed by atoms with Crippen molar-refractivity contribution in [2.75, 3.05) is 13.1 Å². The van der Waals surface area contributed by atoms with Crippen LogP contribution in [0.3, 0.4) is 0 Å². The molecule has 6 heteroatoms. The van der Waals surface area contributed by atoms with Gasteiger partial charge in [-0.2, -0.15) is 0 Å². The number of H-pyrrole nitrogens is 2. The normalized spacial score (nSPS) is 20.7. The van der Waals surface area contributed by atoms with Crippen molar-refractivity contribution in [3.8, 4) is 0 Å². The van der Waals surface area contributed by atoms with Crippen LogP contribution in [-0.4, -0.2) is 44.2 Å². The maximum atomic E-state index is 11.8. The molecule has 3 aromatic rings. The summed E-state index contributed by atoms with van der Waals surface area (Å²) < 4.78 is 0. The Kier molecular flexibility index (Phi) is 4.44. The van der Waals surface area contributed by atoms with Crippen LogP contribution in [0.4, 0.5) is 0 Å². The molecule has 2 atom stereocenters. The predicted molar refractivity (Wildman–Crippen MR) is 101 cm³/mol. The Morgan fingerprint density at radius 3 is 2.88 bits per heavy atom. The minimum atomic E-state index is -0.423. The molecule has 0 unspecified atom stereocenters. The van der Waals surface area contributed by atoms with E-state index in [4.69, 9.17) is 0 Å². The first-order valence-corrected chi connectivity index (χ1v) is 8.77. The molecule has 134 valence electrons. The number of aliphatic hydroxyl groups is 1. The lowest BCUT2D eigenvalue weighted by molar-refractivity contribution is 0.152. The van der Waals surface area contributed by atoms with Gasteiger partial charge >= 0.3 is 0 Å². The van der Waals surface area contributed by atoms with Crippen LogP contribution in [-0.2, 0) is 13.0 Å².